The zero-order valence-corrected chi connectivity index (χ0v) is 13.9. The smallest absolute Gasteiger partial charge is 0.244 e. The molecule has 1 amide bonds. The normalized spacial score (nSPS) is 25.7. The maximum Gasteiger partial charge on any atom is 0.244 e. The minimum Gasteiger partial charge on any atom is -0.375 e. The standard InChI is InChI=1S/C18H27N3O2/c1-14-17(19-9-12-23-14)18(22)20-15-7-6-8-16(13-15)21-10-4-2-3-5-11-21/h6-8,13-14,17,19H,2-5,9-12H2,1H3,(H,20,22)/t14-,17+/m1/s1. The number of hydrogen-bond acceptors (Lipinski definition) is 4. The van der Waals surface area contributed by atoms with Gasteiger partial charge in [-0.3, -0.25) is 4.79 Å². The number of carbonyl (C=O) groups excluding carboxylic acids is 1. The van der Waals surface area contributed by atoms with Gasteiger partial charge in [0.2, 0.25) is 5.91 Å². The molecule has 0 radical (unpaired) electrons. The second kappa shape index (κ2) is 7.79. The van der Waals surface area contributed by atoms with Gasteiger partial charge in [-0.2, -0.15) is 0 Å². The molecular weight excluding hydrogens is 290 g/mol. The number of carbonyl (C=O) groups is 1. The van der Waals surface area contributed by atoms with Crippen LogP contribution in [0.1, 0.15) is 32.6 Å². The Labute approximate surface area is 138 Å². The van der Waals surface area contributed by atoms with E-state index in [1.165, 1.54) is 31.4 Å². The van der Waals surface area contributed by atoms with Gasteiger partial charge in [-0.15, -0.1) is 0 Å². The zero-order valence-electron chi connectivity index (χ0n) is 13.9. The first-order valence-corrected chi connectivity index (χ1v) is 8.75. The van der Waals surface area contributed by atoms with Gasteiger partial charge < -0.3 is 20.3 Å². The average molecular weight is 317 g/mol. The van der Waals surface area contributed by atoms with E-state index < -0.39 is 0 Å². The fourth-order valence-corrected chi connectivity index (χ4v) is 3.36. The number of amides is 1. The summed E-state index contributed by atoms with van der Waals surface area (Å²) in [5.41, 5.74) is 2.06. The van der Waals surface area contributed by atoms with Gasteiger partial charge >= 0.3 is 0 Å². The van der Waals surface area contributed by atoms with E-state index in [9.17, 15) is 4.79 Å². The summed E-state index contributed by atoms with van der Waals surface area (Å²) >= 11 is 0. The number of nitrogens with zero attached hydrogens (tertiary/aromatic N) is 1. The second-order valence-electron chi connectivity index (χ2n) is 6.45. The van der Waals surface area contributed by atoms with Crippen molar-refractivity contribution in [2.45, 2.75) is 44.8 Å². The largest absolute Gasteiger partial charge is 0.375 e. The SMILES string of the molecule is C[C@H]1OCCN[C@@H]1C(=O)Nc1cccc(N2CCCCCC2)c1. The lowest BCUT2D eigenvalue weighted by Gasteiger charge is -2.29. The maximum atomic E-state index is 12.5. The topological polar surface area (TPSA) is 53.6 Å². The molecule has 23 heavy (non-hydrogen) atoms. The Kier molecular flexibility index (Phi) is 5.51. The Morgan fingerprint density at radius 1 is 1.26 bits per heavy atom. The molecule has 126 valence electrons. The first-order chi connectivity index (χ1) is 11.2. The van der Waals surface area contributed by atoms with Crippen molar-refractivity contribution in [3.63, 3.8) is 0 Å². The van der Waals surface area contributed by atoms with Gasteiger partial charge in [-0.1, -0.05) is 18.9 Å². The molecule has 5 nitrogen and oxygen atoms in total. The predicted molar refractivity (Wildman–Crippen MR) is 93.0 cm³/mol. The molecule has 2 aliphatic heterocycles. The minimum absolute atomic E-state index is 0.0229. The number of hydrogen-bond donors (Lipinski definition) is 2. The molecule has 2 fully saturated rings. The van der Waals surface area contributed by atoms with Gasteiger partial charge in [0.15, 0.2) is 0 Å². The highest BCUT2D eigenvalue weighted by Gasteiger charge is 2.28. The second-order valence-corrected chi connectivity index (χ2v) is 6.45. The number of morpholine rings is 1. The number of benzene rings is 1. The van der Waals surface area contributed by atoms with E-state index in [1.54, 1.807) is 0 Å². The van der Waals surface area contributed by atoms with Gasteiger partial charge in [0.05, 0.1) is 12.7 Å². The molecule has 2 heterocycles. The molecule has 0 bridgehead atoms. The Morgan fingerprint density at radius 3 is 2.78 bits per heavy atom. The lowest BCUT2D eigenvalue weighted by atomic mass is 10.1. The van der Waals surface area contributed by atoms with Crippen LogP contribution in [0.5, 0.6) is 0 Å². The van der Waals surface area contributed by atoms with Crippen LogP contribution in [0.2, 0.25) is 0 Å². The molecule has 5 heteroatoms. The zero-order chi connectivity index (χ0) is 16.1. The molecule has 2 N–H and O–H groups in total. The van der Waals surface area contributed by atoms with Crippen LogP contribution in [-0.4, -0.2) is 44.3 Å². The van der Waals surface area contributed by atoms with Crippen LogP contribution in [0.25, 0.3) is 0 Å². The van der Waals surface area contributed by atoms with Crippen molar-refractivity contribution >= 4 is 17.3 Å². The number of ether oxygens (including phenoxy) is 1. The lowest BCUT2D eigenvalue weighted by molar-refractivity contribution is -0.123. The summed E-state index contributed by atoms with van der Waals surface area (Å²) in [5, 5.41) is 6.26. The fourth-order valence-electron chi connectivity index (χ4n) is 3.36. The van der Waals surface area contributed by atoms with Crippen LogP contribution >= 0.6 is 0 Å². The Morgan fingerprint density at radius 2 is 2.04 bits per heavy atom. The molecule has 2 saturated heterocycles. The van der Waals surface area contributed by atoms with E-state index in [0.29, 0.717) is 6.61 Å². The molecule has 1 aromatic carbocycles. The number of rotatable bonds is 3. The third-order valence-electron chi connectivity index (χ3n) is 4.68. The molecule has 0 saturated carbocycles. The highest BCUT2D eigenvalue weighted by atomic mass is 16.5. The quantitative estimate of drug-likeness (QED) is 0.899. The first-order valence-electron chi connectivity index (χ1n) is 8.75. The summed E-state index contributed by atoms with van der Waals surface area (Å²) in [7, 11) is 0. The van der Waals surface area contributed by atoms with E-state index in [0.717, 1.165) is 25.3 Å². The molecule has 0 aliphatic carbocycles. The Balaban J connectivity index is 1.65. The van der Waals surface area contributed by atoms with Gasteiger partial charge in [0.25, 0.3) is 0 Å². The van der Waals surface area contributed by atoms with Crippen molar-refractivity contribution in [3.8, 4) is 0 Å². The minimum atomic E-state index is -0.286. The van der Waals surface area contributed by atoms with Crippen LogP contribution in [0.4, 0.5) is 11.4 Å². The van der Waals surface area contributed by atoms with Crippen molar-refractivity contribution in [2.75, 3.05) is 36.5 Å². The Hall–Kier alpha value is -1.59. The van der Waals surface area contributed by atoms with E-state index in [2.05, 4.69) is 27.7 Å². The summed E-state index contributed by atoms with van der Waals surface area (Å²) in [5.74, 6) is -0.0229. The molecule has 2 atom stereocenters. The highest BCUT2D eigenvalue weighted by Crippen LogP contribution is 2.23. The van der Waals surface area contributed by atoms with Crippen LogP contribution in [-0.2, 0) is 9.53 Å². The molecule has 0 aromatic heterocycles. The summed E-state index contributed by atoms with van der Waals surface area (Å²) in [6, 6.07) is 7.89. The van der Waals surface area contributed by atoms with Crippen molar-refractivity contribution in [3.05, 3.63) is 24.3 Å². The monoisotopic (exact) mass is 317 g/mol. The number of nitrogens with one attached hydrogen (secondary N) is 2. The van der Waals surface area contributed by atoms with Gasteiger partial charge in [0, 0.05) is 31.0 Å². The molecular formula is C18H27N3O2. The summed E-state index contributed by atoms with van der Waals surface area (Å²) in [4.78, 5) is 14.9. The highest BCUT2D eigenvalue weighted by molar-refractivity contribution is 5.95. The van der Waals surface area contributed by atoms with Crippen molar-refractivity contribution in [1.82, 2.24) is 5.32 Å². The maximum absolute atomic E-state index is 12.5. The van der Waals surface area contributed by atoms with Gasteiger partial charge in [0.1, 0.15) is 6.04 Å². The van der Waals surface area contributed by atoms with Gasteiger partial charge in [-0.25, -0.2) is 0 Å². The summed E-state index contributed by atoms with van der Waals surface area (Å²) in [6.07, 6.45) is 5.03. The van der Waals surface area contributed by atoms with E-state index in [4.69, 9.17) is 4.74 Å². The van der Waals surface area contributed by atoms with Gasteiger partial charge in [-0.05, 0) is 38.0 Å². The lowest BCUT2D eigenvalue weighted by Crippen LogP contribution is -2.53. The van der Waals surface area contributed by atoms with Crippen LogP contribution in [0, 0.1) is 0 Å². The molecule has 0 unspecified atom stereocenters. The van der Waals surface area contributed by atoms with Crippen molar-refractivity contribution in [2.24, 2.45) is 0 Å². The molecule has 2 aliphatic rings. The molecule has 0 spiro atoms. The predicted octanol–water partition coefficient (Wildman–Crippen LogP) is 2.38. The van der Waals surface area contributed by atoms with Crippen molar-refractivity contribution < 1.29 is 9.53 Å². The average Bonchev–Trinajstić information content (AvgIpc) is 2.85. The first kappa shape index (κ1) is 16.3. The molecule has 1 aromatic rings. The molecule has 3 rings (SSSR count). The van der Waals surface area contributed by atoms with E-state index >= 15 is 0 Å². The fraction of sp³-hybridized carbons (Fsp3) is 0.611. The third kappa shape index (κ3) is 4.24. The Bertz CT molecular complexity index is 527. The van der Waals surface area contributed by atoms with Crippen molar-refractivity contribution in [1.29, 1.82) is 0 Å². The van der Waals surface area contributed by atoms with Crippen LogP contribution in [0.15, 0.2) is 24.3 Å². The van der Waals surface area contributed by atoms with Crippen LogP contribution in [0.3, 0.4) is 0 Å². The third-order valence-corrected chi connectivity index (χ3v) is 4.68. The number of anilines is 2. The van der Waals surface area contributed by atoms with E-state index in [-0.39, 0.29) is 18.1 Å². The van der Waals surface area contributed by atoms with Crippen LogP contribution < -0.4 is 15.5 Å². The summed E-state index contributed by atoms with van der Waals surface area (Å²) < 4.78 is 5.55. The summed E-state index contributed by atoms with van der Waals surface area (Å²) in [6.45, 7) is 5.52. The van der Waals surface area contributed by atoms with E-state index in [1.807, 2.05) is 19.1 Å².